The third-order valence-corrected chi connectivity index (χ3v) is 7.92. The number of thiocarbonyl (C=S) groups is 1. The van der Waals surface area contributed by atoms with Gasteiger partial charge in [-0.05, 0) is 83.5 Å². The molecule has 0 unspecified atom stereocenters. The molecule has 3 aromatic carbocycles. The molecule has 0 radical (unpaired) electrons. The molecule has 0 fully saturated rings. The van der Waals surface area contributed by atoms with E-state index >= 15 is 0 Å². The minimum atomic E-state index is -0.639. The summed E-state index contributed by atoms with van der Waals surface area (Å²) in [5, 5.41) is 11.3. The molecule has 45 heavy (non-hydrogen) atoms. The van der Waals surface area contributed by atoms with Crippen LogP contribution in [0.4, 0.5) is 0 Å². The minimum Gasteiger partial charge on any atom is -0.493 e. The SMILES string of the molecule is CCOC(=O)C1=C(C)NC(=S)N[C@H]1c1ccccc1OCC(=O)NN=Cc1cc(Br)c(OCc2ccc(Cl)c(Cl)c2)c(OC)c1. The van der Waals surface area contributed by atoms with Gasteiger partial charge in [0.2, 0.25) is 0 Å². The van der Waals surface area contributed by atoms with E-state index in [4.69, 9.17) is 54.4 Å². The minimum absolute atomic E-state index is 0.216. The highest BCUT2D eigenvalue weighted by Crippen LogP contribution is 2.37. The highest BCUT2D eigenvalue weighted by molar-refractivity contribution is 9.10. The number of esters is 1. The molecule has 0 saturated heterocycles. The molecule has 1 atom stereocenters. The molecule has 0 bridgehead atoms. The average molecular weight is 736 g/mol. The first-order chi connectivity index (χ1) is 21.6. The van der Waals surface area contributed by atoms with Gasteiger partial charge in [-0.3, -0.25) is 4.79 Å². The predicted molar refractivity (Wildman–Crippen MR) is 180 cm³/mol. The number of hydrogen-bond donors (Lipinski definition) is 3. The molecule has 10 nitrogen and oxygen atoms in total. The van der Waals surface area contributed by atoms with E-state index in [1.807, 2.05) is 6.07 Å². The molecular formula is C31H29BrCl2N4O6S. The van der Waals surface area contributed by atoms with Crippen molar-refractivity contribution < 1.29 is 28.5 Å². The number of nitrogens with one attached hydrogen (secondary N) is 3. The molecule has 236 valence electrons. The van der Waals surface area contributed by atoms with Gasteiger partial charge in [-0.15, -0.1) is 0 Å². The second-order valence-corrected chi connectivity index (χ2v) is 11.6. The molecule has 3 aromatic rings. The van der Waals surface area contributed by atoms with Crippen molar-refractivity contribution in [3.63, 3.8) is 0 Å². The zero-order valence-electron chi connectivity index (χ0n) is 24.4. The van der Waals surface area contributed by atoms with E-state index in [1.165, 1.54) is 13.3 Å². The first-order valence-electron chi connectivity index (χ1n) is 13.5. The van der Waals surface area contributed by atoms with E-state index in [0.717, 1.165) is 5.56 Å². The number of para-hydroxylation sites is 1. The van der Waals surface area contributed by atoms with Crippen molar-refractivity contribution in [2.75, 3.05) is 20.3 Å². The van der Waals surface area contributed by atoms with Crippen LogP contribution in [0.15, 0.2) is 75.4 Å². The fourth-order valence-electron chi connectivity index (χ4n) is 4.35. The Bertz CT molecular complexity index is 1670. The molecule has 14 heteroatoms. The maximum absolute atomic E-state index is 12.8. The third kappa shape index (κ3) is 8.88. The molecule has 0 aromatic heterocycles. The van der Waals surface area contributed by atoms with E-state index < -0.39 is 17.9 Å². The normalized spacial score (nSPS) is 14.4. The van der Waals surface area contributed by atoms with Crippen LogP contribution in [0.2, 0.25) is 10.0 Å². The quantitative estimate of drug-likeness (QED) is 0.0861. The molecule has 1 heterocycles. The van der Waals surface area contributed by atoms with Gasteiger partial charge in [0.05, 0.1) is 46.1 Å². The Balaban J connectivity index is 1.39. The Morgan fingerprint density at radius 2 is 1.87 bits per heavy atom. The maximum Gasteiger partial charge on any atom is 0.338 e. The van der Waals surface area contributed by atoms with E-state index in [-0.39, 0.29) is 19.8 Å². The van der Waals surface area contributed by atoms with Crippen LogP contribution in [0.5, 0.6) is 17.2 Å². The van der Waals surface area contributed by atoms with Gasteiger partial charge in [-0.2, -0.15) is 5.10 Å². The summed E-state index contributed by atoms with van der Waals surface area (Å²) in [5.41, 5.74) is 5.46. The van der Waals surface area contributed by atoms with Gasteiger partial charge >= 0.3 is 5.97 Å². The summed E-state index contributed by atoms with van der Waals surface area (Å²) in [6.07, 6.45) is 1.46. The van der Waals surface area contributed by atoms with Crippen LogP contribution >= 0.6 is 51.3 Å². The summed E-state index contributed by atoms with van der Waals surface area (Å²) in [6, 6.07) is 15.1. The Morgan fingerprint density at radius 3 is 2.60 bits per heavy atom. The van der Waals surface area contributed by atoms with Crippen molar-refractivity contribution in [3.05, 3.63) is 97.1 Å². The number of hydrogen-bond acceptors (Lipinski definition) is 8. The number of allylic oxidation sites excluding steroid dienone is 1. The summed E-state index contributed by atoms with van der Waals surface area (Å²) in [4.78, 5) is 25.4. The second kappa shape index (κ2) is 15.9. The third-order valence-electron chi connectivity index (χ3n) is 6.38. The van der Waals surface area contributed by atoms with E-state index in [0.29, 0.717) is 59.3 Å². The van der Waals surface area contributed by atoms with Crippen molar-refractivity contribution >= 4 is 74.6 Å². The zero-order valence-corrected chi connectivity index (χ0v) is 28.3. The molecule has 1 amide bonds. The number of rotatable bonds is 12. The molecule has 4 rings (SSSR count). The van der Waals surface area contributed by atoms with Gasteiger partial charge < -0.3 is 29.6 Å². The number of halogens is 3. The summed E-state index contributed by atoms with van der Waals surface area (Å²) in [5.74, 6) is 0.337. The maximum atomic E-state index is 12.8. The highest BCUT2D eigenvalue weighted by Gasteiger charge is 2.32. The number of ether oxygens (including phenoxy) is 4. The lowest BCUT2D eigenvalue weighted by Crippen LogP contribution is -2.45. The molecule has 0 aliphatic carbocycles. The number of amides is 1. The van der Waals surface area contributed by atoms with Crippen molar-refractivity contribution in [1.29, 1.82) is 0 Å². The van der Waals surface area contributed by atoms with Crippen LogP contribution in [0.1, 0.15) is 36.6 Å². The molecule has 0 spiro atoms. The number of carbonyl (C=O) groups is 2. The van der Waals surface area contributed by atoms with Gasteiger partial charge in [0.15, 0.2) is 23.2 Å². The van der Waals surface area contributed by atoms with E-state index in [1.54, 1.807) is 62.4 Å². The summed E-state index contributed by atoms with van der Waals surface area (Å²) in [6.45, 7) is 3.59. The number of benzene rings is 3. The molecule has 1 aliphatic rings. The van der Waals surface area contributed by atoms with Crippen LogP contribution in [0, 0.1) is 0 Å². The fraction of sp³-hybridized carbons (Fsp3) is 0.226. The lowest BCUT2D eigenvalue weighted by atomic mass is 9.95. The van der Waals surface area contributed by atoms with Crippen LogP contribution < -0.4 is 30.3 Å². The highest BCUT2D eigenvalue weighted by atomic mass is 79.9. The van der Waals surface area contributed by atoms with Gasteiger partial charge in [0.25, 0.3) is 5.91 Å². The van der Waals surface area contributed by atoms with Gasteiger partial charge in [-0.1, -0.05) is 47.5 Å². The van der Waals surface area contributed by atoms with Crippen LogP contribution in [-0.2, 0) is 20.9 Å². The number of methoxy groups -OCH3 is 1. The van der Waals surface area contributed by atoms with Crippen molar-refractivity contribution in [1.82, 2.24) is 16.1 Å². The van der Waals surface area contributed by atoms with Crippen molar-refractivity contribution in [3.8, 4) is 17.2 Å². The van der Waals surface area contributed by atoms with Crippen molar-refractivity contribution in [2.45, 2.75) is 26.5 Å². The van der Waals surface area contributed by atoms with Crippen LogP contribution in [-0.4, -0.2) is 43.5 Å². The van der Waals surface area contributed by atoms with Crippen molar-refractivity contribution in [2.24, 2.45) is 5.10 Å². The van der Waals surface area contributed by atoms with Gasteiger partial charge in [0, 0.05) is 11.3 Å². The summed E-state index contributed by atoms with van der Waals surface area (Å²) in [7, 11) is 1.52. The first kappa shape index (κ1) is 34.0. The Morgan fingerprint density at radius 1 is 1.09 bits per heavy atom. The Hall–Kier alpha value is -3.84. The van der Waals surface area contributed by atoms with Crippen LogP contribution in [0.25, 0.3) is 0 Å². The summed E-state index contributed by atoms with van der Waals surface area (Å²) < 4.78 is 23.2. The predicted octanol–water partition coefficient (Wildman–Crippen LogP) is 6.23. The van der Waals surface area contributed by atoms with Crippen LogP contribution in [0.3, 0.4) is 0 Å². The Labute approximate surface area is 284 Å². The lowest BCUT2D eigenvalue weighted by molar-refractivity contribution is -0.139. The molecular weight excluding hydrogens is 707 g/mol. The fourth-order valence-corrected chi connectivity index (χ4v) is 5.52. The Kier molecular flexibility index (Phi) is 12.1. The monoisotopic (exact) mass is 734 g/mol. The first-order valence-corrected chi connectivity index (χ1v) is 15.5. The lowest BCUT2D eigenvalue weighted by Gasteiger charge is -2.30. The van der Waals surface area contributed by atoms with E-state index in [2.05, 4.69) is 37.1 Å². The molecule has 3 N–H and O–H groups in total. The number of nitrogens with zero attached hydrogens (tertiary/aromatic N) is 1. The van der Waals surface area contributed by atoms with Gasteiger partial charge in [-0.25, -0.2) is 10.2 Å². The molecule has 0 saturated carbocycles. The zero-order chi connectivity index (χ0) is 32.5. The summed E-state index contributed by atoms with van der Waals surface area (Å²) >= 11 is 20.9. The second-order valence-electron chi connectivity index (χ2n) is 9.48. The average Bonchev–Trinajstić information content (AvgIpc) is 3.00. The standard InChI is InChI=1S/C31H29BrCl2N4O6S/c1-4-42-30(40)27-17(2)36-31(45)37-28(27)20-7-5-6-8-24(20)43-16-26(39)38-35-14-19-11-21(32)29(25(13-19)41-3)44-15-18-9-10-22(33)23(34)12-18/h5-14,28H,4,15-16H2,1-3H3,(H,38,39)(H2,36,37,45)/t28-/m0/s1. The smallest absolute Gasteiger partial charge is 0.338 e. The van der Waals surface area contributed by atoms with Gasteiger partial charge in [0.1, 0.15) is 12.4 Å². The largest absolute Gasteiger partial charge is 0.493 e. The van der Waals surface area contributed by atoms with E-state index in [9.17, 15) is 9.59 Å². The topological polar surface area (TPSA) is 120 Å². The molecule has 1 aliphatic heterocycles. The number of hydrazone groups is 1. The number of carbonyl (C=O) groups excluding carboxylic acids is 2.